The zero-order chi connectivity index (χ0) is 14.5. The van der Waals surface area contributed by atoms with Gasteiger partial charge in [0.25, 0.3) is 0 Å². The zero-order valence-corrected chi connectivity index (χ0v) is 12.5. The number of aryl methyl sites for hydroxylation is 1. The molecule has 0 saturated carbocycles. The van der Waals surface area contributed by atoms with Gasteiger partial charge in [-0.2, -0.15) is 5.10 Å². The van der Waals surface area contributed by atoms with Crippen LogP contribution in [0.2, 0.25) is 0 Å². The first-order chi connectivity index (χ1) is 9.63. The number of hydrogen-bond acceptors (Lipinski definition) is 6. The van der Waals surface area contributed by atoms with Crippen LogP contribution in [0.4, 0.5) is 5.00 Å². The Labute approximate surface area is 122 Å². The highest BCUT2D eigenvalue weighted by atomic mass is 32.1. The summed E-state index contributed by atoms with van der Waals surface area (Å²) in [5.41, 5.74) is 4.48. The highest BCUT2D eigenvalue weighted by Crippen LogP contribution is 2.38. The summed E-state index contributed by atoms with van der Waals surface area (Å²) < 4.78 is 5.13. The van der Waals surface area contributed by atoms with Crippen LogP contribution in [0.3, 0.4) is 0 Å². The summed E-state index contributed by atoms with van der Waals surface area (Å²) in [7, 11) is 0. The third-order valence-electron chi connectivity index (χ3n) is 3.06. The lowest BCUT2D eigenvalue weighted by Gasteiger charge is -2.12. The smallest absolute Gasteiger partial charge is 0.341 e. The number of ether oxygens (including phenoxy) is 1. The van der Waals surface area contributed by atoms with E-state index in [9.17, 15) is 9.59 Å². The molecule has 1 aliphatic carbocycles. The Bertz CT molecular complexity index is 549. The molecule has 108 valence electrons. The monoisotopic (exact) mass is 294 g/mol. The summed E-state index contributed by atoms with van der Waals surface area (Å²) >= 11 is 1.53. The van der Waals surface area contributed by atoms with E-state index in [2.05, 4.69) is 10.5 Å². The fourth-order valence-electron chi connectivity index (χ4n) is 2.25. The van der Waals surface area contributed by atoms with Crippen molar-refractivity contribution >= 4 is 34.3 Å². The van der Waals surface area contributed by atoms with Crippen molar-refractivity contribution in [2.24, 2.45) is 5.10 Å². The number of hydrogen-bond donors (Lipinski definition) is 1. The van der Waals surface area contributed by atoms with Gasteiger partial charge in [0.2, 0.25) is 0 Å². The van der Waals surface area contributed by atoms with E-state index < -0.39 is 0 Å². The second-order valence-corrected chi connectivity index (χ2v) is 5.72. The van der Waals surface area contributed by atoms with Crippen LogP contribution in [0.25, 0.3) is 0 Å². The Balaban J connectivity index is 2.31. The number of carbonyl (C=O) groups is 2. The average molecular weight is 294 g/mol. The van der Waals surface area contributed by atoms with E-state index >= 15 is 0 Å². The van der Waals surface area contributed by atoms with Gasteiger partial charge < -0.3 is 4.74 Å². The van der Waals surface area contributed by atoms with E-state index in [0.29, 0.717) is 17.2 Å². The van der Waals surface area contributed by atoms with Gasteiger partial charge in [0.05, 0.1) is 18.4 Å². The molecule has 0 spiro atoms. The molecule has 1 aromatic heterocycles. The molecule has 0 aliphatic heterocycles. The summed E-state index contributed by atoms with van der Waals surface area (Å²) in [6.45, 7) is 3.56. The molecule has 0 radical (unpaired) electrons. The van der Waals surface area contributed by atoms with Crippen LogP contribution in [0.5, 0.6) is 0 Å². The first-order valence-corrected chi connectivity index (χ1v) is 7.56. The minimum Gasteiger partial charge on any atom is -0.462 e. The third kappa shape index (κ3) is 3.25. The van der Waals surface area contributed by atoms with Gasteiger partial charge in [-0.25, -0.2) is 4.79 Å². The number of thiophene rings is 1. The van der Waals surface area contributed by atoms with Gasteiger partial charge in [0, 0.05) is 11.8 Å². The maximum Gasteiger partial charge on any atom is 0.341 e. The molecule has 1 N–H and O–H groups in total. The number of fused-ring (bicyclic) bond motifs is 1. The lowest BCUT2D eigenvalue weighted by molar-refractivity contribution is -0.110. The van der Waals surface area contributed by atoms with E-state index in [1.165, 1.54) is 29.4 Å². The van der Waals surface area contributed by atoms with Crippen LogP contribution in [-0.4, -0.2) is 24.6 Å². The van der Waals surface area contributed by atoms with Gasteiger partial charge in [-0.15, -0.1) is 11.3 Å². The highest BCUT2D eigenvalue weighted by Gasteiger charge is 2.26. The van der Waals surface area contributed by atoms with Crippen LogP contribution in [0, 0.1) is 0 Å². The molecule has 0 fully saturated rings. The molecule has 1 aliphatic rings. The molecule has 0 bridgehead atoms. The van der Waals surface area contributed by atoms with Gasteiger partial charge in [-0.3, -0.25) is 10.2 Å². The summed E-state index contributed by atoms with van der Waals surface area (Å²) in [5, 5.41) is 4.54. The first-order valence-electron chi connectivity index (χ1n) is 6.74. The van der Waals surface area contributed by atoms with Crippen molar-refractivity contribution in [1.82, 2.24) is 0 Å². The van der Waals surface area contributed by atoms with Gasteiger partial charge in [-0.1, -0.05) is 0 Å². The lowest BCUT2D eigenvalue weighted by Crippen LogP contribution is -2.11. The Kier molecular flexibility index (Phi) is 4.89. The van der Waals surface area contributed by atoms with Gasteiger partial charge in [0.1, 0.15) is 5.00 Å². The number of nitrogens with one attached hydrogen (secondary N) is 1. The molecule has 0 saturated heterocycles. The maximum absolute atomic E-state index is 12.1. The number of hydrazone groups is 1. The Morgan fingerprint density at radius 2 is 2.15 bits per heavy atom. The van der Waals surface area contributed by atoms with Gasteiger partial charge >= 0.3 is 5.97 Å². The number of rotatable bonds is 5. The quantitative estimate of drug-likeness (QED) is 0.515. The predicted octanol–water partition coefficient (Wildman–Crippen LogP) is 2.79. The van der Waals surface area contributed by atoms with Crippen molar-refractivity contribution in [3.05, 3.63) is 16.0 Å². The molecule has 1 aromatic rings. The van der Waals surface area contributed by atoms with Crippen molar-refractivity contribution in [3.8, 4) is 0 Å². The Hall–Kier alpha value is -1.69. The Morgan fingerprint density at radius 3 is 2.85 bits per heavy atom. The molecule has 0 atom stereocenters. The van der Waals surface area contributed by atoms with E-state index in [1.54, 1.807) is 6.92 Å². The number of esters is 1. The summed E-state index contributed by atoms with van der Waals surface area (Å²) in [5.74, 6) is -0.455. The lowest BCUT2D eigenvalue weighted by atomic mass is 9.95. The average Bonchev–Trinajstić information content (AvgIpc) is 2.76. The molecule has 20 heavy (non-hydrogen) atoms. The van der Waals surface area contributed by atoms with E-state index in [-0.39, 0.29) is 11.8 Å². The van der Waals surface area contributed by atoms with Crippen molar-refractivity contribution in [1.29, 1.82) is 0 Å². The van der Waals surface area contributed by atoms with Gasteiger partial charge in [0.15, 0.2) is 5.78 Å². The molecule has 0 unspecified atom stereocenters. The molecule has 0 aromatic carbocycles. The van der Waals surface area contributed by atoms with Crippen LogP contribution in [0.15, 0.2) is 5.10 Å². The molecular weight excluding hydrogens is 276 g/mol. The number of carbonyl (C=O) groups excluding carboxylic acids is 2. The minimum absolute atomic E-state index is 0.142. The van der Waals surface area contributed by atoms with Crippen molar-refractivity contribution in [2.75, 3.05) is 12.0 Å². The largest absolute Gasteiger partial charge is 0.462 e. The van der Waals surface area contributed by atoms with Crippen LogP contribution < -0.4 is 5.43 Å². The fraction of sp³-hybridized carbons (Fsp3) is 0.500. The molecular formula is C14H18N2O3S. The van der Waals surface area contributed by atoms with Crippen LogP contribution in [0.1, 0.15) is 47.5 Å². The number of Topliss-reactive ketones (excluding diaryl/α,β-unsaturated/α-hetero) is 1. The minimum atomic E-state index is -0.313. The standard InChI is InChI=1S/C14H18N2O3S/c1-3-19-14(18)12-10-6-4-5-7-11(10)20-13(12)16-15-8-9(2)17/h8,16H,3-7H2,1-2H3/b15-8+. The number of ketones is 1. The van der Waals surface area contributed by atoms with Crippen molar-refractivity contribution < 1.29 is 14.3 Å². The first kappa shape index (κ1) is 14.7. The molecule has 1 heterocycles. The van der Waals surface area contributed by atoms with Gasteiger partial charge in [-0.05, 0) is 38.2 Å². The second-order valence-electron chi connectivity index (χ2n) is 4.62. The van der Waals surface area contributed by atoms with Crippen LogP contribution >= 0.6 is 11.3 Å². The molecule has 2 rings (SSSR count). The maximum atomic E-state index is 12.1. The van der Waals surface area contributed by atoms with Crippen LogP contribution in [-0.2, 0) is 22.4 Å². The normalized spacial score (nSPS) is 14.1. The van der Waals surface area contributed by atoms with Crippen molar-refractivity contribution in [3.63, 3.8) is 0 Å². The SMILES string of the molecule is CCOC(=O)c1c(N/N=C/C(C)=O)sc2c1CCCC2. The van der Waals surface area contributed by atoms with Crippen molar-refractivity contribution in [2.45, 2.75) is 39.5 Å². The second kappa shape index (κ2) is 6.65. The molecule has 5 nitrogen and oxygen atoms in total. The summed E-state index contributed by atoms with van der Waals surface area (Å²) in [6.07, 6.45) is 5.33. The molecule has 6 heteroatoms. The highest BCUT2D eigenvalue weighted by molar-refractivity contribution is 7.16. The number of anilines is 1. The Morgan fingerprint density at radius 1 is 1.40 bits per heavy atom. The van der Waals surface area contributed by atoms with E-state index in [1.807, 2.05) is 0 Å². The predicted molar refractivity (Wildman–Crippen MR) is 79.7 cm³/mol. The summed E-state index contributed by atoms with van der Waals surface area (Å²) in [4.78, 5) is 24.2. The fourth-order valence-corrected chi connectivity index (χ4v) is 3.47. The van der Waals surface area contributed by atoms with E-state index in [0.717, 1.165) is 31.2 Å². The van der Waals surface area contributed by atoms with E-state index in [4.69, 9.17) is 4.74 Å². The number of nitrogens with zero attached hydrogens (tertiary/aromatic N) is 1. The zero-order valence-electron chi connectivity index (χ0n) is 11.7. The third-order valence-corrected chi connectivity index (χ3v) is 4.26. The molecule has 0 amide bonds. The topological polar surface area (TPSA) is 67.8 Å². The summed E-state index contributed by atoms with van der Waals surface area (Å²) in [6, 6.07) is 0.